The van der Waals surface area contributed by atoms with Crippen LogP contribution in [-0.2, 0) is 0 Å². The van der Waals surface area contributed by atoms with E-state index in [1.54, 1.807) is 0 Å². The van der Waals surface area contributed by atoms with E-state index < -0.39 is 0 Å². The zero-order valence-corrected chi connectivity index (χ0v) is 27.8. The molecule has 7 rings (SSSR count). The summed E-state index contributed by atoms with van der Waals surface area (Å²) in [7, 11) is 0. The van der Waals surface area contributed by atoms with Crippen LogP contribution in [0, 0.1) is 41.5 Å². The Hall–Kier alpha value is -4.82. The van der Waals surface area contributed by atoms with Crippen LogP contribution in [0.25, 0.3) is 32.3 Å². The quantitative estimate of drug-likeness (QED) is 0.179. The highest BCUT2D eigenvalue weighted by atomic mass is 15.2. The smallest absolute Gasteiger partial charge is 0.0540 e. The maximum absolute atomic E-state index is 2.50. The van der Waals surface area contributed by atoms with E-state index in [2.05, 4.69) is 168 Å². The lowest BCUT2D eigenvalue weighted by Crippen LogP contribution is -2.25. The third kappa shape index (κ3) is 4.80. The van der Waals surface area contributed by atoms with Gasteiger partial charge in [-0.3, -0.25) is 0 Å². The summed E-state index contributed by atoms with van der Waals surface area (Å²) in [6.07, 6.45) is 0. The summed E-state index contributed by atoms with van der Waals surface area (Å²) in [5.74, 6) is 0. The summed E-state index contributed by atoms with van der Waals surface area (Å²) in [5, 5.41) is 7.76. The Morgan fingerprint density at radius 1 is 0.400 bits per heavy atom. The summed E-state index contributed by atoms with van der Waals surface area (Å²) >= 11 is 0. The summed E-state index contributed by atoms with van der Waals surface area (Å²) in [5.41, 5.74) is 13.9. The van der Waals surface area contributed by atoms with Crippen LogP contribution in [0.1, 0.15) is 47.2 Å². The largest absolute Gasteiger partial charge is 0.338 e. The highest BCUT2D eigenvalue weighted by Crippen LogP contribution is 2.46. The molecule has 0 unspecified atom stereocenters. The first-order chi connectivity index (χ1) is 21.6. The highest BCUT2D eigenvalue weighted by molar-refractivity contribution is 6.28. The van der Waals surface area contributed by atoms with Crippen molar-refractivity contribution in [1.29, 1.82) is 0 Å². The Morgan fingerprint density at radius 2 is 0.800 bits per heavy atom. The first kappa shape index (κ1) is 28.9. The van der Waals surface area contributed by atoms with Crippen molar-refractivity contribution in [1.82, 2.24) is 0 Å². The van der Waals surface area contributed by atoms with Gasteiger partial charge in [-0.05, 0) is 159 Å². The van der Waals surface area contributed by atoms with Gasteiger partial charge in [0.1, 0.15) is 0 Å². The second-order valence-corrected chi connectivity index (χ2v) is 13.2. The van der Waals surface area contributed by atoms with Crippen LogP contribution in [-0.4, -0.2) is 6.04 Å². The molecule has 0 saturated heterocycles. The van der Waals surface area contributed by atoms with Crippen molar-refractivity contribution in [2.75, 3.05) is 9.80 Å². The second kappa shape index (κ2) is 11.0. The topological polar surface area (TPSA) is 6.48 Å². The molecule has 0 heterocycles. The minimum absolute atomic E-state index is 0.297. The van der Waals surface area contributed by atoms with Crippen LogP contribution in [0.4, 0.5) is 28.4 Å². The Bertz CT molecular complexity index is 2170. The summed E-state index contributed by atoms with van der Waals surface area (Å²) in [6, 6.07) is 39.3. The maximum atomic E-state index is 2.50. The van der Waals surface area contributed by atoms with Crippen LogP contribution < -0.4 is 9.80 Å². The van der Waals surface area contributed by atoms with Crippen LogP contribution in [0.2, 0.25) is 0 Å². The van der Waals surface area contributed by atoms with E-state index in [-0.39, 0.29) is 0 Å². The van der Waals surface area contributed by atoms with Crippen molar-refractivity contribution in [3.63, 3.8) is 0 Å². The predicted molar refractivity (Wildman–Crippen MR) is 197 cm³/mol. The van der Waals surface area contributed by atoms with Gasteiger partial charge < -0.3 is 9.80 Å². The fraction of sp³-hybridized carbons (Fsp3) is 0.209. The Labute approximate surface area is 267 Å². The van der Waals surface area contributed by atoms with Crippen LogP contribution in [0.3, 0.4) is 0 Å². The second-order valence-electron chi connectivity index (χ2n) is 13.2. The molecule has 0 saturated carbocycles. The molecule has 0 atom stereocenters. The number of aryl methyl sites for hydroxylation is 6. The Balaban J connectivity index is 1.51. The van der Waals surface area contributed by atoms with E-state index in [1.165, 1.54) is 94.1 Å². The molecular formula is C43H42N2. The fourth-order valence-corrected chi connectivity index (χ4v) is 6.92. The predicted octanol–water partition coefficient (Wildman–Crippen LogP) is 12.5. The SMILES string of the molecule is Cc1ccc(N(c2ccc(C)c(C)c2)c2ccc3ccc4c(N(c5ccc(C)c(C)c5)C(C)C)ccc5ccc2c3c54)cc1C. The lowest BCUT2D eigenvalue weighted by molar-refractivity contribution is 0.791. The number of hydrogen-bond donors (Lipinski definition) is 0. The molecule has 0 spiro atoms. The lowest BCUT2D eigenvalue weighted by atomic mass is 9.91. The van der Waals surface area contributed by atoms with Gasteiger partial charge in [0.05, 0.1) is 5.69 Å². The minimum atomic E-state index is 0.297. The van der Waals surface area contributed by atoms with Crippen LogP contribution in [0.15, 0.2) is 103 Å². The molecule has 0 aliphatic rings. The lowest BCUT2D eigenvalue weighted by Gasteiger charge is -2.32. The number of anilines is 5. The van der Waals surface area contributed by atoms with Crippen LogP contribution >= 0.6 is 0 Å². The van der Waals surface area contributed by atoms with E-state index in [0.29, 0.717) is 6.04 Å². The van der Waals surface area contributed by atoms with E-state index >= 15 is 0 Å². The molecule has 45 heavy (non-hydrogen) atoms. The van der Waals surface area contributed by atoms with Gasteiger partial charge in [0.15, 0.2) is 0 Å². The average molecular weight is 587 g/mol. The number of benzene rings is 7. The molecule has 7 aromatic carbocycles. The third-order valence-electron chi connectivity index (χ3n) is 9.90. The van der Waals surface area contributed by atoms with Crippen molar-refractivity contribution >= 4 is 60.8 Å². The Morgan fingerprint density at radius 3 is 1.27 bits per heavy atom. The monoisotopic (exact) mass is 586 g/mol. The van der Waals surface area contributed by atoms with E-state index in [4.69, 9.17) is 0 Å². The molecule has 0 radical (unpaired) electrons. The molecule has 224 valence electrons. The third-order valence-corrected chi connectivity index (χ3v) is 9.90. The van der Waals surface area contributed by atoms with E-state index in [0.717, 1.165) is 0 Å². The normalized spacial score (nSPS) is 11.8. The molecule has 0 bridgehead atoms. The van der Waals surface area contributed by atoms with Gasteiger partial charge in [0, 0.05) is 39.6 Å². The summed E-state index contributed by atoms with van der Waals surface area (Å²) in [6.45, 7) is 17.8. The fourth-order valence-electron chi connectivity index (χ4n) is 6.92. The summed E-state index contributed by atoms with van der Waals surface area (Å²) in [4.78, 5) is 4.94. The van der Waals surface area contributed by atoms with Crippen LogP contribution in [0.5, 0.6) is 0 Å². The molecule has 2 nitrogen and oxygen atoms in total. The van der Waals surface area contributed by atoms with E-state index in [1.807, 2.05) is 0 Å². The number of rotatable bonds is 6. The molecule has 0 N–H and O–H groups in total. The average Bonchev–Trinajstić information content (AvgIpc) is 3.02. The standard InChI is InChI=1S/C43H42N2/c1-26(2)44(35-16-9-27(3)30(6)23-35)40-21-14-33-13-20-39-41(22-15-34-12-19-38(40)42(33)43(34)39)45(36-17-10-28(4)31(7)24-36)37-18-11-29(5)32(8)25-37/h9-26H,1-8H3. The van der Waals surface area contributed by atoms with Gasteiger partial charge in [-0.1, -0.05) is 54.6 Å². The molecule has 0 fully saturated rings. The number of hydrogen-bond acceptors (Lipinski definition) is 2. The highest BCUT2D eigenvalue weighted by Gasteiger charge is 2.22. The molecule has 0 aromatic heterocycles. The van der Waals surface area contributed by atoms with Gasteiger partial charge in [0.2, 0.25) is 0 Å². The van der Waals surface area contributed by atoms with Crippen molar-refractivity contribution in [2.45, 2.75) is 61.4 Å². The zero-order chi connectivity index (χ0) is 31.6. The van der Waals surface area contributed by atoms with Gasteiger partial charge in [-0.25, -0.2) is 0 Å². The van der Waals surface area contributed by atoms with Crippen molar-refractivity contribution < 1.29 is 0 Å². The minimum Gasteiger partial charge on any atom is -0.338 e. The van der Waals surface area contributed by atoms with Crippen molar-refractivity contribution in [3.8, 4) is 0 Å². The first-order valence-corrected chi connectivity index (χ1v) is 16.1. The Kier molecular flexibility index (Phi) is 7.05. The number of nitrogens with zero attached hydrogens (tertiary/aromatic N) is 2. The van der Waals surface area contributed by atoms with Gasteiger partial charge in [0.25, 0.3) is 0 Å². The molecular weight excluding hydrogens is 544 g/mol. The van der Waals surface area contributed by atoms with Gasteiger partial charge in [-0.15, -0.1) is 0 Å². The van der Waals surface area contributed by atoms with Gasteiger partial charge in [-0.2, -0.15) is 0 Å². The molecule has 7 aromatic rings. The maximum Gasteiger partial charge on any atom is 0.0540 e. The molecule has 0 amide bonds. The van der Waals surface area contributed by atoms with E-state index in [9.17, 15) is 0 Å². The van der Waals surface area contributed by atoms with Crippen molar-refractivity contribution in [2.24, 2.45) is 0 Å². The van der Waals surface area contributed by atoms with Crippen molar-refractivity contribution in [3.05, 3.63) is 137 Å². The zero-order valence-electron chi connectivity index (χ0n) is 27.8. The first-order valence-electron chi connectivity index (χ1n) is 16.1. The molecule has 0 aliphatic carbocycles. The van der Waals surface area contributed by atoms with Gasteiger partial charge >= 0.3 is 0 Å². The molecule has 2 heteroatoms. The summed E-state index contributed by atoms with van der Waals surface area (Å²) < 4.78 is 0. The molecule has 0 aliphatic heterocycles.